The maximum Gasteiger partial charge on any atom is 0.332 e. The average Bonchev–Trinajstić information content (AvgIpc) is 3.33. The van der Waals surface area contributed by atoms with Crippen molar-refractivity contribution >= 4 is 57.5 Å². The Morgan fingerprint density at radius 1 is 0.933 bits per heavy atom. The number of carbonyl (C=O) groups excluding carboxylic acids is 1. The third kappa shape index (κ3) is 6.76. The van der Waals surface area contributed by atoms with Gasteiger partial charge >= 0.3 is 13.6 Å². The smallest absolute Gasteiger partial charge is 0.332 e. The number of methoxy groups -OCH3 is 1. The summed E-state index contributed by atoms with van der Waals surface area (Å²) in [5.74, 6) is -0.0530. The van der Waals surface area contributed by atoms with Crippen LogP contribution >= 0.6 is 7.60 Å². The van der Waals surface area contributed by atoms with Gasteiger partial charge in [0.1, 0.15) is 11.5 Å². The van der Waals surface area contributed by atoms with E-state index in [0.29, 0.717) is 40.9 Å². The highest BCUT2D eigenvalue weighted by atomic mass is 31.2. The summed E-state index contributed by atoms with van der Waals surface area (Å²) >= 11 is 0. The summed E-state index contributed by atoms with van der Waals surface area (Å²) in [5, 5.41) is 19.3. The number of hydrogen-bond acceptors (Lipinski definition) is 9. The Balaban J connectivity index is 1.66. The van der Waals surface area contributed by atoms with E-state index in [0.717, 1.165) is 27.2 Å². The van der Waals surface area contributed by atoms with Crippen molar-refractivity contribution in [2.45, 2.75) is 33.7 Å². The van der Waals surface area contributed by atoms with Crippen LogP contribution in [0.3, 0.4) is 0 Å². The second-order valence-electron chi connectivity index (χ2n) is 10.3. The second kappa shape index (κ2) is 13.6. The number of fused-ring (bicyclic) bond motifs is 4. The van der Waals surface area contributed by atoms with Crippen LogP contribution in [0.2, 0.25) is 0 Å². The van der Waals surface area contributed by atoms with Crippen LogP contribution in [-0.4, -0.2) is 47.7 Å². The number of aryl methyl sites for hydroxylation is 1. The van der Waals surface area contributed by atoms with E-state index in [1.54, 1.807) is 33.1 Å². The van der Waals surface area contributed by atoms with Crippen molar-refractivity contribution in [2.75, 3.05) is 26.5 Å². The first-order chi connectivity index (χ1) is 21.7. The Labute approximate surface area is 260 Å². The third-order valence-electron chi connectivity index (χ3n) is 7.39. The number of aromatic nitrogens is 1. The lowest BCUT2D eigenvalue weighted by Crippen LogP contribution is -2.08. The van der Waals surface area contributed by atoms with Crippen molar-refractivity contribution in [1.82, 2.24) is 4.57 Å². The molecule has 234 valence electrons. The molecule has 5 rings (SSSR count). The predicted octanol–water partition coefficient (Wildman–Crippen LogP) is 7.84. The van der Waals surface area contributed by atoms with Crippen molar-refractivity contribution in [3.8, 4) is 5.75 Å². The van der Waals surface area contributed by atoms with E-state index in [-0.39, 0.29) is 25.1 Å². The Kier molecular flexibility index (Phi) is 9.63. The van der Waals surface area contributed by atoms with Gasteiger partial charge in [-0.25, -0.2) is 4.79 Å². The maximum atomic E-state index is 13.1. The molecule has 0 fully saturated rings. The zero-order chi connectivity index (χ0) is 32.1. The summed E-state index contributed by atoms with van der Waals surface area (Å²) in [4.78, 5) is 28.3. The minimum Gasteiger partial charge on any atom is -0.496 e. The van der Waals surface area contributed by atoms with Gasteiger partial charge in [-0.1, -0.05) is 35.5 Å². The van der Waals surface area contributed by atoms with Gasteiger partial charge in [0.05, 0.1) is 31.4 Å². The molecule has 0 spiro atoms. The molecule has 11 nitrogen and oxygen atoms in total. The van der Waals surface area contributed by atoms with E-state index in [9.17, 15) is 19.5 Å². The lowest BCUT2D eigenvalue weighted by atomic mass is 9.97. The molecule has 0 atom stereocenters. The fourth-order valence-corrected chi connectivity index (χ4v) is 7.16. The van der Waals surface area contributed by atoms with Crippen LogP contribution < -0.4 is 4.74 Å². The summed E-state index contributed by atoms with van der Waals surface area (Å²) in [7, 11) is -1.69. The third-order valence-corrected chi connectivity index (χ3v) is 9.55. The van der Waals surface area contributed by atoms with Gasteiger partial charge in [-0.05, 0) is 61.4 Å². The topological polar surface area (TPSA) is 131 Å². The number of rotatable bonds is 13. The van der Waals surface area contributed by atoms with Crippen LogP contribution in [0.4, 0.5) is 5.69 Å². The molecule has 4 aromatic carbocycles. The number of benzene rings is 4. The molecule has 0 saturated carbocycles. The minimum absolute atomic E-state index is 0.0471. The van der Waals surface area contributed by atoms with Gasteiger partial charge in [0, 0.05) is 58.5 Å². The highest BCUT2D eigenvalue weighted by Crippen LogP contribution is 2.48. The molecular weight excluding hydrogens is 597 g/mol. The molecule has 0 radical (unpaired) electrons. The number of nitrogens with zero attached hydrogens (tertiary/aromatic N) is 3. The number of hydrogen-bond donors (Lipinski definition) is 0. The highest BCUT2D eigenvalue weighted by Gasteiger charge is 2.24. The minimum atomic E-state index is -3.25. The van der Waals surface area contributed by atoms with E-state index >= 15 is 0 Å². The molecule has 45 heavy (non-hydrogen) atoms. The Hall–Kier alpha value is -4.57. The molecule has 0 N–H and O–H groups in total. The quantitative estimate of drug-likeness (QED) is 0.0422. The van der Waals surface area contributed by atoms with Gasteiger partial charge in [-0.3, -0.25) is 14.7 Å². The van der Waals surface area contributed by atoms with Crippen molar-refractivity contribution in [1.29, 1.82) is 0 Å². The lowest BCUT2D eigenvalue weighted by molar-refractivity contribution is -0.384. The average molecular weight is 632 g/mol. The van der Waals surface area contributed by atoms with E-state index in [1.165, 1.54) is 13.0 Å². The van der Waals surface area contributed by atoms with Gasteiger partial charge < -0.3 is 23.2 Å². The van der Waals surface area contributed by atoms with Gasteiger partial charge in [0.25, 0.3) is 5.69 Å². The monoisotopic (exact) mass is 631 g/mol. The summed E-state index contributed by atoms with van der Waals surface area (Å²) < 4.78 is 31.8. The molecule has 5 aromatic rings. The van der Waals surface area contributed by atoms with Crippen LogP contribution in [0.5, 0.6) is 5.75 Å². The first kappa shape index (κ1) is 31.8. The van der Waals surface area contributed by atoms with E-state index in [1.807, 2.05) is 59.2 Å². The molecule has 0 aliphatic carbocycles. The molecule has 0 unspecified atom stereocenters. The molecule has 0 saturated heterocycles. The number of non-ortho nitro benzene ring substituents is 1. The number of nitro benzene ring substituents is 1. The van der Waals surface area contributed by atoms with E-state index in [2.05, 4.69) is 5.16 Å². The lowest BCUT2D eigenvalue weighted by Gasteiger charge is -2.17. The highest BCUT2D eigenvalue weighted by molar-refractivity contribution is 7.53. The van der Waals surface area contributed by atoms with E-state index in [4.69, 9.17) is 18.6 Å². The van der Waals surface area contributed by atoms with Gasteiger partial charge in [0.15, 0.2) is 0 Å². The number of carbonyl (C=O) groups is 1. The van der Waals surface area contributed by atoms with Crippen molar-refractivity contribution in [3.05, 3.63) is 94.0 Å². The molecule has 0 amide bonds. The molecular formula is C33H34N3O8P. The van der Waals surface area contributed by atoms with Gasteiger partial charge in [-0.2, -0.15) is 0 Å². The van der Waals surface area contributed by atoms with Crippen LogP contribution in [0, 0.1) is 10.1 Å². The largest absolute Gasteiger partial charge is 0.496 e. The number of oxime groups is 1. The Morgan fingerprint density at radius 3 is 2.20 bits per heavy atom. The zero-order valence-corrected chi connectivity index (χ0v) is 26.4. The fourth-order valence-electron chi connectivity index (χ4n) is 5.52. The zero-order valence-electron chi connectivity index (χ0n) is 25.5. The molecule has 1 heterocycles. The number of ether oxygens (including phenoxy) is 1. The van der Waals surface area contributed by atoms with Crippen LogP contribution in [0.1, 0.15) is 38.3 Å². The van der Waals surface area contributed by atoms with Crippen molar-refractivity contribution in [2.24, 2.45) is 5.16 Å². The van der Waals surface area contributed by atoms with Gasteiger partial charge in [0.2, 0.25) is 0 Å². The van der Waals surface area contributed by atoms with Crippen LogP contribution in [0.25, 0.3) is 32.6 Å². The normalized spacial score (nSPS) is 12.2. The Morgan fingerprint density at radius 2 is 1.58 bits per heavy atom. The standard InChI is InChI=1S/C33H34N3O8P/c1-5-42-45(40,43-6-2)17-9-16-35-30-14-12-25(19-27(30)28-21-26(36(38)39)13-15-31(28)35)33(34-44-22(3)37)29-18-23-10-7-8-11-24(23)20-32(29)41-4/h7-8,10-15,18-21H,5-6,9,16-17H2,1-4H3. The maximum absolute atomic E-state index is 13.1. The first-order valence-electron chi connectivity index (χ1n) is 14.6. The summed E-state index contributed by atoms with van der Waals surface area (Å²) in [6.07, 6.45) is 0.713. The Bertz CT molecular complexity index is 1970. The molecule has 0 aliphatic heterocycles. The predicted molar refractivity (Wildman–Crippen MR) is 174 cm³/mol. The van der Waals surface area contributed by atoms with Crippen molar-refractivity contribution < 1.29 is 32.9 Å². The fraction of sp³-hybridized carbons (Fsp3) is 0.273. The second-order valence-corrected chi connectivity index (χ2v) is 12.5. The molecule has 0 bridgehead atoms. The molecule has 1 aromatic heterocycles. The molecule has 12 heteroatoms. The van der Waals surface area contributed by atoms with Gasteiger partial charge in [-0.15, -0.1) is 0 Å². The molecule has 0 aliphatic rings. The summed E-state index contributed by atoms with van der Waals surface area (Å²) in [5.41, 5.74) is 3.12. The summed E-state index contributed by atoms with van der Waals surface area (Å²) in [6, 6.07) is 22.0. The summed E-state index contributed by atoms with van der Waals surface area (Å²) in [6.45, 7) is 5.83. The van der Waals surface area contributed by atoms with Crippen LogP contribution in [-0.2, 0) is 29.8 Å². The number of nitro groups is 1. The van der Waals surface area contributed by atoms with Crippen LogP contribution in [0.15, 0.2) is 78.0 Å². The van der Waals surface area contributed by atoms with E-state index < -0.39 is 18.5 Å². The SMILES string of the molecule is CCOP(=O)(CCCn1c2ccc(C(=NOC(C)=O)c3cc4ccccc4cc3OC)cc2c2cc([N+](=O)[O-])ccc21)OCC. The first-order valence-corrected chi connectivity index (χ1v) is 16.3. The van der Waals surface area contributed by atoms with Crippen molar-refractivity contribution in [3.63, 3.8) is 0 Å².